The quantitative estimate of drug-likeness (QED) is 0.256. The molecule has 46 heavy (non-hydrogen) atoms. The van der Waals surface area contributed by atoms with E-state index in [1.807, 2.05) is 31.7 Å². The average Bonchev–Trinajstić information content (AvgIpc) is 2.93. The minimum atomic E-state index is -0.867. The number of carbonyl (C=O) groups is 2. The van der Waals surface area contributed by atoms with Gasteiger partial charge in [0.05, 0.1) is 16.6 Å². The molecule has 3 heterocycles. The van der Waals surface area contributed by atoms with E-state index in [-0.39, 0.29) is 35.1 Å². The molecule has 0 saturated carbocycles. The Hall–Kier alpha value is -3.64. The molecular weight excluding hydrogens is 636 g/mol. The molecule has 1 fully saturated rings. The third kappa shape index (κ3) is 6.60. The van der Waals surface area contributed by atoms with Crippen molar-refractivity contribution in [3.05, 3.63) is 63.6 Å². The number of amides is 2. The number of halogens is 3. The number of benzene rings is 2. The maximum absolute atomic E-state index is 15.4. The molecule has 0 radical (unpaired) electrons. The lowest BCUT2D eigenvalue weighted by molar-refractivity contribution is -0.130. The summed E-state index contributed by atoms with van der Waals surface area (Å²) < 4.78 is 36.6. The van der Waals surface area contributed by atoms with Gasteiger partial charge in [-0.1, -0.05) is 18.2 Å². The van der Waals surface area contributed by atoms with Gasteiger partial charge >= 0.3 is 11.8 Å². The third-order valence-electron chi connectivity index (χ3n) is 8.16. The van der Waals surface area contributed by atoms with Crippen LogP contribution in [0.4, 0.5) is 19.4 Å². The van der Waals surface area contributed by atoms with E-state index in [1.54, 1.807) is 25.7 Å². The fourth-order valence-electron chi connectivity index (χ4n) is 6.36. The van der Waals surface area contributed by atoms with Gasteiger partial charge in [0.1, 0.15) is 23.1 Å². The number of nitrogens with one attached hydrogen (secondary N) is 1. The Morgan fingerprint density at radius 1 is 1.13 bits per heavy atom. The molecule has 13 heteroatoms. The Kier molecular flexibility index (Phi) is 9.43. The van der Waals surface area contributed by atoms with Gasteiger partial charge in [0.15, 0.2) is 0 Å². The number of nitrogens with zero attached hydrogens (tertiary/aromatic N) is 4. The number of piperazine rings is 1. The molecule has 5 rings (SSSR count). The molecule has 3 aromatic rings. The highest BCUT2D eigenvalue weighted by atomic mass is 35.5. The first-order chi connectivity index (χ1) is 21.6. The van der Waals surface area contributed by atoms with E-state index < -0.39 is 35.1 Å². The number of hydrogen-bond acceptors (Lipinski definition) is 7. The van der Waals surface area contributed by atoms with Crippen LogP contribution in [0.3, 0.4) is 0 Å². The summed E-state index contributed by atoms with van der Waals surface area (Å²) in [6.07, 6.45) is 1.18. The van der Waals surface area contributed by atoms with Crippen molar-refractivity contribution in [1.29, 1.82) is 0 Å². The van der Waals surface area contributed by atoms with Gasteiger partial charge in [-0.2, -0.15) is 4.98 Å². The zero-order chi connectivity index (χ0) is 33.7. The van der Waals surface area contributed by atoms with Crippen molar-refractivity contribution < 1.29 is 23.1 Å². The number of aryl methyl sites for hydroxylation is 1. The lowest BCUT2D eigenvalue weighted by Gasteiger charge is -2.44. The zero-order valence-corrected chi connectivity index (χ0v) is 28.3. The summed E-state index contributed by atoms with van der Waals surface area (Å²) in [4.78, 5) is 48.3. The van der Waals surface area contributed by atoms with Crippen LogP contribution in [0.15, 0.2) is 40.5 Å². The number of hydrogen-bond donors (Lipinski definition) is 1. The van der Waals surface area contributed by atoms with Crippen LogP contribution in [0.5, 0.6) is 0 Å². The second-order valence-corrected chi connectivity index (χ2v) is 14.4. The molecule has 0 bridgehead atoms. The van der Waals surface area contributed by atoms with Gasteiger partial charge in [0.25, 0.3) is 0 Å². The largest absolute Gasteiger partial charge is 0.444 e. The second kappa shape index (κ2) is 12.9. The van der Waals surface area contributed by atoms with E-state index in [0.717, 1.165) is 6.07 Å². The minimum absolute atomic E-state index is 0.0962. The lowest BCUT2D eigenvalue weighted by atomic mass is 9.96. The van der Waals surface area contributed by atoms with Crippen LogP contribution >= 0.6 is 23.4 Å². The van der Waals surface area contributed by atoms with Crippen LogP contribution in [-0.4, -0.2) is 69.0 Å². The molecule has 9 nitrogen and oxygen atoms in total. The highest BCUT2D eigenvalue weighted by molar-refractivity contribution is 7.99. The van der Waals surface area contributed by atoms with Gasteiger partial charge < -0.3 is 19.9 Å². The summed E-state index contributed by atoms with van der Waals surface area (Å²) in [6, 6.07) is 3.05. The van der Waals surface area contributed by atoms with Crippen molar-refractivity contribution >= 4 is 52.1 Å². The molecule has 1 aromatic heterocycles. The fourth-order valence-corrected chi connectivity index (χ4v) is 7.91. The van der Waals surface area contributed by atoms with Crippen LogP contribution in [0.25, 0.3) is 22.0 Å². The van der Waals surface area contributed by atoms with Crippen LogP contribution in [0.2, 0.25) is 5.02 Å². The minimum Gasteiger partial charge on any atom is -0.444 e. The first-order valence-corrected chi connectivity index (χ1v) is 16.5. The molecular formula is C33H38ClF2N5O4S. The Balaban J connectivity index is 1.71. The molecule has 2 aliphatic heterocycles. The first-order valence-electron chi connectivity index (χ1n) is 15.1. The van der Waals surface area contributed by atoms with E-state index in [1.165, 1.54) is 28.5 Å². The number of alkyl carbamates (subject to hydrolysis) is 1. The molecule has 2 aromatic carbocycles. The fraction of sp³-hybridized carbons (Fsp3) is 0.455. The standard InChI is InChI=1S/C33H38ClF2N5O4S/c1-8-26(42)41-18(3)14-39(15-19(41)4)30-22-11-17(2)27(21-12-23(34)25(36)13-24(21)35)29-28(22)40(31(43)38-30)16-20(9-10-46-29)37-32(44)45-33(5,6)7/h8,11-13,18-20H,1,9-10,14-16H2,2-7H3,(H,37,44)/t18-,19+,20-/m1/s1. The van der Waals surface area contributed by atoms with Crippen molar-refractivity contribution in [2.75, 3.05) is 23.7 Å². The average molecular weight is 674 g/mol. The topological polar surface area (TPSA) is 96.8 Å². The first kappa shape index (κ1) is 33.7. The summed E-state index contributed by atoms with van der Waals surface area (Å²) >= 11 is 7.56. The maximum Gasteiger partial charge on any atom is 0.407 e. The van der Waals surface area contributed by atoms with Crippen molar-refractivity contribution in [2.45, 2.75) is 83.1 Å². The Bertz CT molecular complexity index is 1780. The number of aromatic nitrogens is 2. The monoisotopic (exact) mass is 673 g/mol. The van der Waals surface area contributed by atoms with Crippen molar-refractivity contribution in [1.82, 2.24) is 19.8 Å². The molecule has 1 saturated heterocycles. The highest BCUT2D eigenvalue weighted by Gasteiger charge is 2.35. The predicted octanol–water partition coefficient (Wildman–Crippen LogP) is 6.30. The van der Waals surface area contributed by atoms with E-state index in [0.29, 0.717) is 58.0 Å². The summed E-state index contributed by atoms with van der Waals surface area (Å²) in [7, 11) is 0. The van der Waals surface area contributed by atoms with Gasteiger partial charge in [-0.3, -0.25) is 9.36 Å². The SMILES string of the molecule is C=CC(=O)N1[C@H](C)CN(c2nc(=O)n3c4c(c(-c5cc(Cl)c(F)cc5F)c(C)cc24)SCC[C@@H](NC(=O)OC(C)(C)C)C3)C[C@@H]1C. The number of carbonyl (C=O) groups excluding carboxylic acids is 2. The van der Waals surface area contributed by atoms with Crippen LogP contribution in [0, 0.1) is 18.6 Å². The zero-order valence-electron chi connectivity index (χ0n) is 26.7. The number of thioether (sulfide) groups is 1. The van der Waals surface area contributed by atoms with Gasteiger partial charge in [-0.05, 0) is 71.7 Å². The number of anilines is 1. The lowest BCUT2D eigenvalue weighted by Crippen LogP contribution is -2.58. The molecule has 246 valence electrons. The van der Waals surface area contributed by atoms with Gasteiger partial charge in [0, 0.05) is 64.9 Å². The molecule has 2 amide bonds. The molecule has 2 aliphatic rings. The molecule has 0 aliphatic carbocycles. The van der Waals surface area contributed by atoms with E-state index >= 15 is 4.39 Å². The normalized spacial score (nSPS) is 20.2. The maximum atomic E-state index is 15.4. The summed E-state index contributed by atoms with van der Waals surface area (Å²) in [5.74, 6) is -0.843. The number of ether oxygens (including phenoxy) is 1. The second-order valence-electron chi connectivity index (χ2n) is 12.9. The van der Waals surface area contributed by atoms with Crippen LogP contribution in [-0.2, 0) is 16.1 Å². The van der Waals surface area contributed by atoms with Crippen LogP contribution < -0.4 is 15.9 Å². The van der Waals surface area contributed by atoms with E-state index in [9.17, 15) is 18.8 Å². The van der Waals surface area contributed by atoms with Gasteiger partial charge in [-0.25, -0.2) is 18.4 Å². The Labute approximate surface area is 275 Å². The Morgan fingerprint density at radius 3 is 2.43 bits per heavy atom. The van der Waals surface area contributed by atoms with Crippen molar-refractivity contribution in [2.24, 2.45) is 0 Å². The highest BCUT2D eigenvalue weighted by Crippen LogP contribution is 2.44. The molecule has 3 atom stereocenters. The van der Waals surface area contributed by atoms with Crippen molar-refractivity contribution in [3.63, 3.8) is 0 Å². The molecule has 0 unspecified atom stereocenters. The van der Waals surface area contributed by atoms with Crippen LogP contribution in [0.1, 0.15) is 46.6 Å². The summed E-state index contributed by atoms with van der Waals surface area (Å²) in [5.41, 5.74) is 0.593. The summed E-state index contributed by atoms with van der Waals surface area (Å²) in [5, 5.41) is 3.34. The van der Waals surface area contributed by atoms with E-state index in [2.05, 4.69) is 16.9 Å². The summed E-state index contributed by atoms with van der Waals surface area (Å²) in [6.45, 7) is 15.6. The Morgan fingerprint density at radius 2 is 1.80 bits per heavy atom. The van der Waals surface area contributed by atoms with Gasteiger partial charge in [0.2, 0.25) is 5.91 Å². The van der Waals surface area contributed by atoms with Crippen molar-refractivity contribution in [3.8, 4) is 11.1 Å². The van der Waals surface area contributed by atoms with Gasteiger partial charge in [-0.15, -0.1) is 11.8 Å². The molecule has 1 N–H and O–H groups in total. The number of rotatable bonds is 4. The third-order valence-corrected chi connectivity index (χ3v) is 9.57. The van der Waals surface area contributed by atoms with E-state index in [4.69, 9.17) is 16.3 Å². The molecule has 0 spiro atoms. The smallest absolute Gasteiger partial charge is 0.407 e. The predicted molar refractivity (Wildman–Crippen MR) is 178 cm³/mol.